The van der Waals surface area contributed by atoms with Crippen molar-refractivity contribution in [2.24, 2.45) is 0 Å². The minimum absolute atomic E-state index is 0.698. The molecule has 0 amide bonds. The zero-order valence-corrected chi connectivity index (χ0v) is 33.1. The molecule has 0 N–H and O–H groups in total. The summed E-state index contributed by atoms with van der Waals surface area (Å²) in [7, 11) is 0. The first-order valence-corrected chi connectivity index (χ1v) is 20.7. The lowest BCUT2D eigenvalue weighted by Crippen LogP contribution is -1.97. The van der Waals surface area contributed by atoms with E-state index in [2.05, 4.69) is 205 Å². The lowest BCUT2D eigenvalue weighted by Gasteiger charge is -2.14. The number of benzene rings is 9. The molecule has 0 spiro atoms. The second kappa shape index (κ2) is 14.3. The predicted molar refractivity (Wildman–Crippen MR) is 254 cm³/mol. The second-order valence-electron chi connectivity index (χ2n) is 15.6. The molecule has 0 unspecified atom stereocenters. The van der Waals surface area contributed by atoms with E-state index in [1.165, 1.54) is 21.5 Å². The van der Waals surface area contributed by atoms with Crippen LogP contribution in [0.15, 0.2) is 218 Å². The molecular weight excluding hydrogens is 741 g/mol. The summed E-state index contributed by atoms with van der Waals surface area (Å²) in [4.78, 5) is 15.9. The van der Waals surface area contributed by atoms with E-state index in [4.69, 9.17) is 15.0 Å². The summed E-state index contributed by atoms with van der Waals surface area (Å²) in [5.74, 6) is 0.698. The molecule has 4 heteroatoms. The molecule has 0 fully saturated rings. The fourth-order valence-corrected chi connectivity index (χ4v) is 9.11. The van der Waals surface area contributed by atoms with Crippen LogP contribution >= 0.6 is 0 Å². The molecule has 0 saturated carbocycles. The van der Waals surface area contributed by atoms with Gasteiger partial charge in [-0.2, -0.15) is 0 Å². The molecule has 0 aliphatic rings. The highest BCUT2D eigenvalue weighted by atomic mass is 15.0. The van der Waals surface area contributed by atoms with Crippen LogP contribution in [-0.4, -0.2) is 19.5 Å². The summed E-state index contributed by atoms with van der Waals surface area (Å²) in [5.41, 5.74) is 13.5. The minimum atomic E-state index is 0.698. The molecule has 9 aromatic carbocycles. The van der Waals surface area contributed by atoms with E-state index < -0.39 is 0 Å². The Hall–Kier alpha value is -8.21. The number of rotatable bonds is 6. The SMILES string of the molecule is c1ccc(-c2nc(-c3cccc(-c4ccc5c6ccc7c8ccccc8c(-c8ccccc8)nc7c6n(-c6ccccc6)c5c4)c3)cc(-c3cccc4ccccc34)n2)cc1. The van der Waals surface area contributed by atoms with Crippen LogP contribution < -0.4 is 0 Å². The van der Waals surface area contributed by atoms with E-state index in [-0.39, 0.29) is 0 Å². The molecule has 0 radical (unpaired) electrons. The van der Waals surface area contributed by atoms with Gasteiger partial charge in [0, 0.05) is 49.5 Å². The van der Waals surface area contributed by atoms with Crippen molar-refractivity contribution in [3.63, 3.8) is 0 Å². The monoisotopic (exact) mass is 776 g/mol. The van der Waals surface area contributed by atoms with Gasteiger partial charge in [0.1, 0.15) is 0 Å². The van der Waals surface area contributed by atoms with E-state index in [1.807, 2.05) is 18.2 Å². The Morgan fingerprint density at radius 2 is 0.918 bits per heavy atom. The zero-order chi connectivity index (χ0) is 40.3. The van der Waals surface area contributed by atoms with Crippen LogP contribution in [0.4, 0.5) is 0 Å². The highest BCUT2D eigenvalue weighted by Crippen LogP contribution is 2.42. The largest absolute Gasteiger partial charge is 0.307 e. The van der Waals surface area contributed by atoms with Crippen LogP contribution in [0.3, 0.4) is 0 Å². The van der Waals surface area contributed by atoms with Crippen molar-refractivity contribution >= 4 is 54.3 Å². The lowest BCUT2D eigenvalue weighted by atomic mass is 9.97. The lowest BCUT2D eigenvalue weighted by molar-refractivity contribution is 1.18. The van der Waals surface area contributed by atoms with Gasteiger partial charge in [0.15, 0.2) is 5.82 Å². The van der Waals surface area contributed by atoms with Crippen LogP contribution in [0.1, 0.15) is 0 Å². The maximum Gasteiger partial charge on any atom is 0.160 e. The van der Waals surface area contributed by atoms with Gasteiger partial charge in [-0.25, -0.2) is 15.0 Å². The van der Waals surface area contributed by atoms with Gasteiger partial charge in [-0.15, -0.1) is 0 Å². The van der Waals surface area contributed by atoms with Crippen LogP contribution in [0.5, 0.6) is 0 Å². The third kappa shape index (κ3) is 5.88. The van der Waals surface area contributed by atoms with Crippen LogP contribution in [0.25, 0.3) is 116 Å². The molecule has 0 atom stereocenters. The summed E-state index contributed by atoms with van der Waals surface area (Å²) in [5, 5.41) is 8.17. The summed E-state index contributed by atoms with van der Waals surface area (Å²) >= 11 is 0. The average molecular weight is 777 g/mol. The summed E-state index contributed by atoms with van der Waals surface area (Å²) in [6.45, 7) is 0. The van der Waals surface area contributed by atoms with Gasteiger partial charge in [-0.1, -0.05) is 188 Å². The Bertz CT molecular complexity index is 3630. The molecule has 4 nitrogen and oxygen atoms in total. The third-order valence-electron chi connectivity index (χ3n) is 12.0. The number of fused-ring (bicyclic) bond motifs is 8. The van der Waals surface area contributed by atoms with Crippen molar-refractivity contribution in [1.82, 2.24) is 19.5 Å². The predicted octanol–water partition coefficient (Wildman–Crippen LogP) is 14.8. The topological polar surface area (TPSA) is 43.6 Å². The molecule has 12 rings (SSSR count). The quantitative estimate of drug-likeness (QED) is 0.158. The smallest absolute Gasteiger partial charge is 0.160 e. The Morgan fingerprint density at radius 1 is 0.328 bits per heavy atom. The van der Waals surface area contributed by atoms with Crippen molar-refractivity contribution < 1.29 is 0 Å². The second-order valence-corrected chi connectivity index (χ2v) is 15.6. The molecule has 3 heterocycles. The van der Waals surface area contributed by atoms with Gasteiger partial charge in [0.25, 0.3) is 0 Å². The van der Waals surface area contributed by atoms with Crippen molar-refractivity contribution in [2.75, 3.05) is 0 Å². The Labute approximate surface area is 352 Å². The molecule has 12 aromatic rings. The Kier molecular flexibility index (Phi) is 8.13. The minimum Gasteiger partial charge on any atom is -0.307 e. The molecule has 0 saturated heterocycles. The van der Waals surface area contributed by atoms with Crippen molar-refractivity contribution in [1.29, 1.82) is 0 Å². The number of pyridine rings is 1. The van der Waals surface area contributed by atoms with Gasteiger partial charge >= 0.3 is 0 Å². The van der Waals surface area contributed by atoms with Gasteiger partial charge in [0.05, 0.1) is 33.6 Å². The first-order chi connectivity index (χ1) is 30.2. The molecule has 3 aromatic heterocycles. The van der Waals surface area contributed by atoms with Crippen LogP contribution in [0, 0.1) is 0 Å². The molecule has 0 bridgehead atoms. The highest BCUT2D eigenvalue weighted by Gasteiger charge is 2.20. The Morgan fingerprint density at radius 3 is 1.74 bits per heavy atom. The Balaban J connectivity index is 1.06. The van der Waals surface area contributed by atoms with Gasteiger partial charge in [-0.3, -0.25) is 0 Å². The number of aromatic nitrogens is 4. The van der Waals surface area contributed by atoms with E-state index >= 15 is 0 Å². The van der Waals surface area contributed by atoms with Gasteiger partial charge in [0.2, 0.25) is 0 Å². The summed E-state index contributed by atoms with van der Waals surface area (Å²) in [6.07, 6.45) is 0. The average Bonchev–Trinajstić information content (AvgIpc) is 3.68. The van der Waals surface area contributed by atoms with Crippen LogP contribution in [0.2, 0.25) is 0 Å². The van der Waals surface area contributed by atoms with Gasteiger partial charge < -0.3 is 4.57 Å². The number of para-hydroxylation sites is 1. The molecule has 0 aliphatic carbocycles. The van der Waals surface area contributed by atoms with E-state index in [9.17, 15) is 0 Å². The van der Waals surface area contributed by atoms with Gasteiger partial charge in [-0.05, 0) is 57.6 Å². The van der Waals surface area contributed by atoms with Crippen molar-refractivity contribution in [3.8, 4) is 62.0 Å². The first-order valence-electron chi connectivity index (χ1n) is 20.7. The zero-order valence-electron chi connectivity index (χ0n) is 33.1. The normalized spacial score (nSPS) is 11.6. The molecule has 61 heavy (non-hydrogen) atoms. The highest BCUT2D eigenvalue weighted by molar-refractivity contribution is 6.23. The number of hydrogen-bond donors (Lipinski definition) is 0. The third-order valence-corrected chi connectivity index (χ3v) is 12.0. The molecule has 284 valence electrons. The molecule has 0 aliphatic heterocycles. The van der Waals surface area contributed by atoms with Crippen molar-refractivity contribution in [3.05, 3.63) is 218 Å². The van der Waals surface area contributed by atoms with Crippen molar-refractivity contribution in [2.45, 2.75) is 0 Å². The van der Waals surface area contributed by atoms with E-state index in [0.717, 1.165) is 88.9 Å². The number of nitrogens with zero attached hydrogens (tertiary/aromatic N) is 4. The standard InChI is InChI=1S/C57H36N4/c1-4-17-38(18-5-1)54-48-28-13-12-27-45(48)49-32-33-50-47-31-30-41(35-53(47)61(56(50)55(49)60-54)43-24-8-3-9-25-43)40-22-14-23-42(34-40)51-36-52(59-57(58-51)39-19-6-2-7-20-39)46-29-15-21-37-16-10-11-26-44(37)46/h1-36H. The fourth-order valence-electron chi connectivity index (χ4n) is 9.11. The molecular formula is C57H36N4. The fraction of sp³-hybridized carbons (Fsp3) is 0. The summed E-state index contributed by atoms with van der Waals surface area (Å²) in [6, 6.07) is 77.3. The maximum absolute atomic E-state index is 5.55. The maximum atomic E-state index is 5.55. The van der Waals surface area contributed by atoms with Crippen LogP contribution in [-0.2, 0) is 0 Å². The first kappa shape index (κ1) is 34.8. The summed E-state index contributed by atoms with van der Waals surface area (Å²) < 4.78 is 2.41. The number of hydrogen-bond acceptors (Lipinski definition) is 3. The van der Waals surface area contributed by atoms with E-state index in [0.29, 0.717) is 5.82 Å². The van der Waals surface area contributed by atoms with E-state index in [1.54, 1.807) is 0 Å².